The predicted molar refractivity (Wildman–Crippen MR) is 84.5 cm³/mol. The lowest BCUT2D eigenvalue weighted by molar-refractivity contribution is 0.414. The maximum atomic E-state index is 5.19. The fourth-order valence-corrected chi connectivity index (χ4v) is 2.90. The van der Waals surface area contributed by atoms with Crippen LogP contribution < -0.4 is 10.1 Å². The summed E-state index contributed by atoms with van der Waals surface area (Å²) >= 11 is 1.73. The summed E-state index contributed by atoms with van der Waals surface area (Å²) in [6.45, 7) is 3.24. The van der Waals surface area contributed by atoms with Gasteiger partial charge in [0.2, 0.25) is 0 Å². The molecule has 0 saturated heterocycles. The van der Waals surface area contributed by atoms with Crippen LogP contribution in [0.3, 0.4) is 0 Å². The fraction of sp³-hybridized carbons (Fsp3) is 0.438. The van der Waals surface area contributed by atoms with Gasteiger partial charge in [-0.2, -0.15) is 0 Å². The molecule has 0 aliphatic rings. The zero-order valence-corrected chi connectivity index (χ0v) is 13.0. The Bertz CT molecular complexity index is 482. The second-order valence-electron chi connectivity index (χ2n) is 4.80. The molecule has 108 valence electrons. The molecule has 1 heterocycles. The third-order valence-corrected chi connectivity index (χ3v) is 4.21. The van der Waals surface area contributed by atoms with Crippen LogP contribution in [0, 0.1) is 0 Å². The van der Waals surface area contributed by atoms with Crippen LogP contribution in [0.1, 0.15) is 36.2 Å². The van der Waals surface area contributed by atoms with Gasteiger partial charge in [0.05, 0.1) is 12.6 Å². The smallest absolute Gasteiger partial charge is 0.118 e. The molecular weight excluding hydrogens is 268 g/mol. The van der Waals surface area contributed by atoms with Crippen molar-refractivity contribution in [3.8, 4) is 5.75 Å². The van der Waals surface area contributed by atoms with Crippen LogP contribution in [0.15, 0.2) is 36.0 Å². The lowest BCUT2D eigenvalue weighted by Gasteiger charge is -2.16. The molecule has 2 aromatic rings. The molecule has 0 aliphatic heterocycles. The molecule has 20 heavy (non-hydrogen) atoms. The van der Waals surface area contributed by atoms with Gasteiger partial charge < -0.3 is 10.1 Å². The van der Waals surface area contributed by atoms with Gasteiger partial charge >= 0.3 is 0 Å². The first-order valence-electron chi connectivity index (χ1n) is 7.08. The van der Waals surface area contributed by atoms with Gasteiger partial charge in [-0.1, -0.05) is 19.1 Å². The molecule has 1 aromatic heterocycles. The van der Waals surface area contributed by atoms with Crippen molar-refractivity contribution in [1.29, 1.82) is 0 Å². The molecule has 4 heteroatoms. The van der Waals surface area contributed by atoms with E-state index in [0.29, 0.717) is 6.04 Å². The van der Waals surface area contributed by atoms with Crippen molar-refractivity contribution in [2.24, 2.45) is 0 Å². The van der Waals surface area contributed by atoms with Crippen LogP contribution in [0.25, 0.3) is 0 Å². The van der Waals surface area contributed by atoms with Crippen molar-refractivity contribution >= 4 is 11.3 Å². The van der Waals surface area contributed by atoms with Gasteiger partial charge in [-0.25, -0.2) is 0 Å². The maximum Gasteiger partial charge on any atom is 0.118 e. The van der Waals surface area contributed by atoms with E-state index < -0.39 is 0 Å². The lowest BCUT2D eigenvalue weighted by atomic mass is 10.0. The standard InChI is InChI=1S/C16H22N2OS/c1-3-10-18-15(16-11-17-12-20-16)9-6-13-4-7-14(19-2)8-5-13/h4-5,7-8,11-12,15,18H,3,6,9-10H2,1-2H3. The van der Waals surface area contributed by atoms with E-state index in [1.54, 1.807) is 18.4 Å². The normalized spacial score (nSPS) is 12.3. The predicted octanol–water partition coefficient (Wildman–Crippen LogP) is 3.83. The molecule has 0 fully saturated rings. The minimum atomic E-state index is 0.407. The highest BCUT2D eigenvalue weighted by Crippen LogP contribution is 2.23. The van der Waals surface area contributed by atoms with Gasteiger partial charge in [0.1, 0.15) is 5.75 Å². The molecule has 0 aliphatic carbocycles. The highest BCUT2D eigenvalue weighted by Gasteiger charge is 2.12. The van der Waals surface area contributed by atoms with Crippen molar-refractivity contribution < 1.29 is 4.74 Å². The van der Waals surface area contributed by atoms with E-state index in [4.69, 9.17) is 4.74 Å². The Kier molecular flexibility index (Phi) is 6.02. The molecule has 1 unspecified atom stereocenters. The van der Waals surface area contributed by atoms with Crippen LogP contribution >= 0.6 is 11.3 Å². The molecule has 3 nitrogen and oxygen atoms in total. The monoisotopic (exact) mass is 290 g/mol. The second kappa shape index (κ2) is 8.02. The largest absolute Gasteiger partial charge is 0.497 e. The molecule has 1 N–H and O–H groups in total. The first-order chi connectivity index (χ1) is 9.83. The van der Waals surface area contributed by atoms with Gasteiger partial charge in [0.15, 0.2) is 0 Å². The Labute approximate surface area is 125 Å². The maximum absolute atomic E-state index is 5.19. The molecular formula is C16H22N2OS. The molecule has 0 spiro atoms. The number of nitrogens with one attached hydrogen (secondary N) is 1. The van der Waals surface area contributed by atoms with E-state index >= 15 is 0 Å². The summed E-state index contributed by atoms with van der Waals surface area (Å²) in [4.78, 5) is 5.52. The first kappa shape index (κ1) is 15.0. The number of rotatable bonds is 8. The first-order valence-corrected chi connectivity index (χ1v) is 7.96. The Morgan fingerprint density at radius 3 is 2.70 bits per heavy atom. The Hall–Kier alpha value is -1.39. The van der Waals surface area contributed by atoms with E-state index in [-0.39, 0.29) is 0 Å². The highest BCUT2D eigenvalue weighted by atomic mass is 32.1. The number of nitrogens with zero attached hydrogens (tertiary/aromatic N) is 1. The minimum Gasteiger partial charge on any atom is -0.497 e. The van der Waals surface area contributed by atoms with Crippen molar-refractivity contribution in [2.45, 2.75) is 32.2 Å². The van der Waals surface area contributed by atoms with Gasteiger partial charge in [0, 0.05) is 17.1 Å². The molecule has 0 saturated carbocycles. The molecule has 1 aromatic carbocycles. The molecule has 1 atom stereocenters. The van der Waals surface area contributed by atoms with Gasteiger partial charge in [-0.05, 0) is 43.5 Å². The Balaban J connectivity index is 1.93. The molecule has 0 bridgehead atoms. The number of hydrogen-bond acceptors (Lipinski definition) is 4. The summed E-state index contributed by atoms with van der Waals surface area (Å²) in [5.74, 6) is 0.914. The van der Waals surface area contributed by atoms with Gasteiger partial charge in [-0.15, -0.1) is 11.3 Å². The number of ether oxygens (including phenoxy) is 1. The lowest BCUT2D eigenvalue weighted by Crippen LogP contribution is -2.21. The summed E-state index contributed by atoms with van der Waals surface area (Å²) < 4.78 is 5.19. The van der Waals surface area contributed by atoms with Crippen molar-refractivity contribution in [1.82, 2.24) is 10.3 Å². The third-order valence-electron chi connectivity index (χ3n) is 3.32. The van der Waals surface area contributed by atoms with Gasteiger partial charge in [0.25, 0.3) is 0 Å². The van der Waals surface area contributed by atoms with Gasteiger partial charge in [-0.3, -0.25) is 4.98 Å². The highest BCUT2D eigenvalue weighted by molar-refractivity contribution is 7.09. The minimum absolute atomic E-state index is 0.407. The van der Waals surface area contributed by atoms with Crippen LogP contribution in [-0.2, 0) is 6.42 Å². The summed E-state index contributed by atoms with van der Waals surface area (Å²) in [6, 6.07) is 8.74. The zero-order valence-electron chi connectivity index (χ0n) is 12.1. The van der Waals surface area contributed by atoms with Crippen molar-refractivity contribution in [2.75, 3.05) is 13.7 Å². The third kappa shape index (κ3) is 4.32. The van der Waals surface area contributed by atoms with Crippen LogP contribution in [0.5, 0.6) is 5.75 Å². The fourth-order valence-electron chi connectivity index (χ4n) is 2.16. The topological polar surface area (TPSA) is 34.1 Å². The van der Waals surface area contributed by atoms with E-state index in [2.05, 4.69) is 29.4 Å². The van der Waals surface area contributed by atoms with E-state index in [1.165, 1.54) is 10.4 Å². The Morgan fingerprint density at radius 1 is 1.30 bits per heavy atom. The Morgan fingerprint density at radius 2 is 2.10 bits per heavy atom. The number of thiazole rings is 1. The summed E-state index contributed by atoms with van der Waals surface area (Å²) in [5, 5.41) is 3.61. The quantitative estimate of drug-likeness (QED) is 0.802. The van der Waals surface area contributed by atoms with E-state index in [1.807, 2.05) is 23.8 Å². The summed E-state index contributed by atoms with van der Waals surface area (Å²) in [6.07, 6.45) is 5.28. The SMILES string of the molecule is CCCNC(CCc1ccc(OC)cc1)c1cncs1. The van der Waals surface area contributed by atoms with E-state index in [9.17, 15) is 0 Å². The number of aromatic nitrogens is 1. The molecule has 0 amide bonds. The van der Waals surface area contributed by atoms with E-state index in [0.717, 1.165) is 31.6 Å². The average molecular weight is 290 g/mol. The average Bonchev–Trinajstić information content (AvgIpc) is 3.02. The number of benzene rings is 1. The summed E-state index contributed by atoms with van der Waals surface area (Å²) in [5.41, 5.74) is 3.25. The number of hydrogen-bond donors (Lipinski definition) is 1. The van der Waals surface area contributed by atoms with Crippen LogP contribution in [-0.4, -0.2) is 18.6 Å². The number of methoxy groups -OCH3 is 1. The zero-order chi connectivity index (χ0) is 14.2. The second-order valence-corrected chi connectivity index (χ2v) is 5.72. The van der Waals surface area contributed by atoms with Crippen molar-refractivity contribution in [3.05, 3.63) is 46.4 Å². The van der Waals surface area contributed by atoms with Crippen LogP contribution in [0.4, 0.5) is 0 Å². The molecule has 2 rings (SSSR count). The van der Waals surface area contributed by atoms with Crippen LogP contribution in [0.2, 0.25) is 0 Å². The molecule has 0 radical (unpaired) electrons. The number of aryl methyl sites for hydroxylation is 1. The van der Waals surface area contributed by atoms with Crippen molar-refractivity contribution in [3.63, 3.8) is 0 Å². The summed E-state index contributed by atoms with van der Waals surface area (Å²) in [7, 11) is 1.70.